The standard InChI is InChI=1S/C15H18N5O/c1-20-11-5-6-16-7-10(11)14(19-20)12-13(9-3-4-9)17-8-18-15(12)21-2/h9,16H,3-7H2,1-2H3/q+1. The summed E-state index contributed by atoms with van der Waals surface area (Å²) >= 11 is 0. The van der Waals surface area contributed by atoms with E-state index in [1.54, 1.807) is 7.11 Å². The molecule has 1 fully saturated rings. The summed E-state index contributed by atoms with van der Waals surface area (Å²) in [4.78, 5) is 8.57. The molecule has 2 aromatic rings. The maximum absolute atomic E-state index is 5.47. The second-order valence-electron chi connectivity index (χ2n) is 5.69. The molecule has 0 aromatic carbocycles. The van der Waals surface area contributed by atoms with Gasteiger partial charge in [-0.2, -0.15) is 5.10 Å². The predicted octanol–water partition coefficient (Wildman–Crippen LogP) is 0.414. The third-order valence-corrected chi connectivity index (χ3v) is 4.30. The van der Waals surface area contributed by atoms with Gasteiger partial charge in [0.1, 0.15) is 5.69 Å². The highest BCUT2D eigenvalue weighted by Gasteiger charge is 2.38. The van der Waals surface area contributed by atoms with E-state index in [0.29, 0.717) is 11.8 Å². The molecule has 4 rings (SSSR count). The lowest BCUT2D eigenvalue weighted by Crippen LogP contribution is -2.24. The van der Waals surface area contributed by atoms with Crippen molar-refractivity contribution >= 4 is 0 Å². The Morgan fingerprint density at radius 2 is 2.29 bits per heavy atom. The highest BCUT2D eigenvalue weighted by Crippen LogP contribution is 2.45. The van der Waals surface area contributed by atoms with Crippen LogP contribution in [0.15, 0.2) is 0 Å². The van der Waals surface area contributed by atoms with Crippen LogP contribution in [0.1, 0.15) is 35.7 Å². The smallest absolute Gasteiger partial charge is 0.433 e. The van der Waals surface area contributed by atoms with E-state index in [-0.39, 0.29) is 0 Å². The van der Waals surface area contributed by atoms with Gasteiger partial charge in [0, 0.05) is 48.7 Å². The predicted molar refractivity (Wildman–Crippen MR) is 74.8 cm³/mol. The minimum Gasteiger partial charge on any atom is -0.453 e. The van der Waals surface area contributed by atoms with Crippen LogP contribution < -0.4 is 15.0 Å². The zero-order chi connectivity index (χ0) is 14.4. The average Bonchev–Trinajstić information content (AvgIpc) is 3.32. The molecule has 1 saturated carbocycles. The first-order valence-corrected chi connectivity index (χ1v) is 7.37. The van der Waals surface area contributed by atoms with Crippen molar-refractivity contribution in [3.8, 4) is 17.1 Å². The van der Waals surface area contributed by atoms with Gasteiger partial charge in [0.25, 0.3) is 0 Å². The Balaban J connectivity index is 1.94. The second-order valence-corrected chi connectivity index (χ2v) is 5.69. The fraction of sp³-hybridized carbons (Fsp3) is 0.533. The largest absolute Gasteiger partial charge is 0.453 e. The molecule has 0 bridgehead atoms. The molecule has 6 heteroatoms. The molecule has 0 radical (unpaired) electrons. The molecular formula is C15H18N5O+. The van der Waals surface area contributed by atoms with E-state index in [1.165, 1.54) is 24.1 Å². The summed E-state index contributed by atoms with van der Waals surface area (Å²) in [6.07, 6.45) is 6.07. The molecule has 0 saturated heterocycles. The third kappa shape index (κ3) is 1.96. The number of hydrogen-bond donors (Lipinski definition) is 1. The van der Waals surface area contributed by atoms with Gasteiger partial charge in [-0.1, -0.05) is 0 Å². The number of nitrogens with one attached hydrogen (secondary N) is 1. The summed E-state index contributed by atoms with van der Waals surface area (Å²) in [6.45, 7) is 1.84. The van der Waals surface area contributed by atoms with Gasteiger partial charge in [-0.25, -0.2) is 0 Å². The van der Waals surface area contributed by atoms with Gasteiger partial charge in [0.15, 0.2) is 11.3 Å². The maximum Gasteiger partial charge on any atom is 0.433 e. The number of aromatic nitrogens is 4. The molecule has 2 aromatic heterocycles. The van der Waals surface area contributed by atoms with Crippen molar-refractivity contribution in [2.75, 3.05) is 13.7 Å². The summed E-state index contributed by atoms with van der Waals surface area (Å²) < 4.78 is 7.45. The SMILES string of the molecule is COc1[n+]#cnc(C2CC2)c1-c1nn(C)c2c1CNCC2. The van der Waals surface area contributed by atoms with E-state index in [4.69, 9.17) is 9.84 Å². The van der Waals surface area contributed by atoms with Gasteiger partial charge < -0.3 is 10.1 Å². The Morgan fingerprint density at radius 3 is 3.05 bits per heavy atom. The van der Waals surface area contributed by atoms with Crippen LogP contribution in [0, 0.1) is 6.33 Å². The van der Waals surface area contributed by atoms with Crippen LogP contribution >= 0.6 is 0 Å². The van der Waals surface area contributed by atoms with Crippen molar-refractivity contribution in [3.05, 3.63) is 23.3 Å². The molecule has 0 spiro atoms. The third-order valence-electron chi connectivity index (χ3n) is 4.30. The van der Waals surface area contributed by atoms with Crippen LogP contribution in [0.3, 0.4) is 0 Å². The van der Waals surface area contributed by atoms with Gasteiger partial charge in [-0.15, -0.1) is 4.98 Å². The highest BCUT2D eigenvalue weighted by atomic mass is 16.5. The molecule has 6 nitrogen and oxygen atoms in total. The maximum atomic E-state index is 5.47. The summed E-state index contributed by atoms with van der Waals surface area (Å²) in [5.74, 6) is 1.08. The summed E-state index contributed by atoms with van der Waals surface area (Å²) in [5.41, 5.74) is 5.50. The normalized spacial score (nSPS) is 17.2. The first kappa shape index (κ1) is 12.6. The average molecular weight is 284 g/mol. The molecular weight excluding hydrogens is 266 g/mol. The van der Waals surface area contributed by atoms with Crippen molar-refractivity contribution in [2.45, 2.75) is 31.7 Å². The van der Waals surface area contributed by atoms with Crippen LogP contribution in [-0.2, 0) is 20.0 Å². The van der Waals surface area contributed by atoms with E-state index < -0.39 is 0 Å². The molecule has 0 unspecified atom stereocenters. The van der Waals surface area contributed by atoms with E-state index in [2.05, 4.69) is 21.6 Å². The van der Waals surface area contributed by atoms with Crippen LogP contribution in [0.5, 0.6) is 5.88 Å². The number of hydrogen-bond acceptors (Lipinski definition) is 4. The number of fused-ring (bicyclic) bond motifs is 1. The molecule has 0 amide bonds. The number of nitrogens with zero attached hydrogens (tertiary/aromatic N) is 4. The number of rotatable bonds is 3. The van der Waals surface area contributed by atoms with E-state index >= 15 is 0 Å². The Bertz CT molecular complexity index is 690. The molecule has 21 heavy (non-hydrogen) atoms. The van der Waals surface area contributed by atoms with Gasteiger partial charge in [0.2, 0.25) is 0 Å². The highest BCUT2D eigenvalue weighted by molar-refractivity contribution is 5.71. The molecule has 1 aliphatic heterocycles. The van der Waals surface area contributed by atoms with Crippen molar-refractivity contribution in [2.24, 2.45) is 7.05 Å². The van der Waals surface area contributed by atoms with Crippen LogP contribution in [0.2, 0.25) is 0 Å². The topological polar surface area (TPSA) is 66.1 Å². The van der Waals surface area contributed by atoms with Crippen LogP contribution in [0.4, 0.5) is 0 Å². The Kier molecular flexibility index (Phi) is 2.82. The molecule has 0 atom stereocenters. The number of aryl methyl sites for hydroxylation is 1. The lowest BCUT2D eigenvalue weighted by atomic mass is 10.00. The Labute approximate surface area is 123 Å². The Morgan fingerprint density at radius 1 is 1.43 bits per heavy atom. The zero-order valence-electron chi connectivity index (χ0n) is 12.3. The molecule has 2 aliphatic rings. The van der Waals surface area contributed by atoms with Crippen LogP contribution in [0.25, 0.3) is 11.3 Å². The molecule has 108 valence electrons. The van der Waals surface area contributed by atoms with Gasteiger partial charge in [0.05, 0.1) is 7.11 Å². The second kappa shape index (κ2) is 4.71. The van der Waals surface area contributed by atoms with Crippen molar-refractivity contribution in [1.29, 1.82) is 0 Å². The summed E-state index contributed by atoms with van der Waals surface area (Å²) in [7, 11) is 3.65. The summed E-state index contributed by atoms with van der Waals surface area (Å²) in [6, 6.07) is 0. The van der Waals surface area contributed by atoms with Crippen molar-refractivity contribution in [1.82, 2.24) is 20.1 Å². The lowest BCUT2D eigenvalue weighted by molar-refractivity contribution is -0.315. The minimum absolute atomic E-state index is 0.502. The fourth-order valence-electron chi connectivity index (χ4n) is 3.09. The zero-order valence-corrected chi connectivity index (χ0v) is 12.3. The summed E-state index contributed by atoms with van der Waals surface area (Å²) in [5, 5.41) is 8.17. The fourth-order valence-corrected chi connectivity index (χ4v) is 3.09. The molecule has 1 N–H and O–H groups in total. The van der Waals surface area contributed by atoms with E-state index in [1.807, 2.05) is 11.7 Å². The van der Waals surface area contributed by atoms with Crippen LogP contribution in [-0.4, -0.2) is 28.4 Å². The van der Waals surface area contributed by atoms with E-state index in [0.717, 1.165) is 36.5 Å². The van der Waals surface area contributed by atoms with E-state index in [9.17, 15) is 0 Å². The minimum atomic E-state index is 0.502. The van der Waals surface area contributed by atoms with Gasteiger partial charge >= 0.3 is 12.2 Å². The monoisotopic (exact) mass is 284 g/mol. The van der Waals surface area contributed by atoms with Crippen molar-refractivity contribution < 1.29 is 9.72 Å². The molecule has 3 heterocycles. The van der Waals surface area contributed by atoms with Gasteiger partial charge in [-0.05, 0) is 12.8 Å². The Hall–Kier alpha value is -2.13. The number of ether oxygens (including phenoxy) is 1. The first-order valence-electron chi connectivity index (χ1n) is 7.37. The quantitative estimate of drug-likeness (QED) is 0.884. The number of methoxy groups -OCH3 is 1. The van der Waals surface area contributed by atoms with Crippen molar-refractivity contribution in [3.63, 3.8) is 0 Å². The lowest BCUT2D eigenvalue weighted by Gasteiger charge is -2.14. The molecule has 1 aliphatic carbocycles. The first-order chi connectivity index (χ1) is 10.3. The van der Waals surface area contributed by atoms with Gasteiger partial charge in [-0.3, -0.25) is 4.68 Å².